The minimum absolute atomic E-state index is 0.0108. The molecule has 0 saturated carbocycles. The number of aromatic nitrogens is 1. The van der Waals surface area contributed by atoms with Crippen molar-refractivity contribution in [2.45, 2.75) is 34.1 Å². The third-order valence-corrected chi connectivity index (χ3v) is 4.72. The van der Waals surface area contributed by atoms with E-state index in [0.717, 1.165) is 21.8 Å². The molecule has 3 aromatic rings. The van der Waals surface area contributed by atoms with Crippen LogP contribution in [0.4, 0.5) is 5.69 Å². The fourth-order valence-corrected chi connectivity index (χ4v) is 3.61. The molecule has 0 atom stereocenters. The van der Waals surface area contributed by atoms with Gasteiger partial charge in [0.2, 0.25) is 5.91 Å². The predicted octanol–water partition coefficient (Wildman–Crippen LogP) is 5.65. The lowest BCUT2D eigenvalue weighted by molar-refractivity contribution is -0.117. The van der Waals surface area contributed by atoms with E-state index in [9.17, 15) is 4.79 Å². The summed E-state index contributed by atoms with van der Waals surface area (Å²) in [4.78, 5) is 16.7. The van der Waals surface area contributed by atoms with Crippen LogP contribution in [0.5, 0.6) is 0 Å². The Kier molecular flexibility index (Phi) is 4.41. The van der Waals surface area contributed by atoms with Crippen molar-refractivity contribution in [1.82, 2.24) is 4.98 Å². The molecule has 0 bridgehead atoms. The van der Waals surface area contributed by atoms with Gasteiger partial charge in [0.1, 0.15) is 5.01 Å². The fourth-order valence-electron chi connectivity index (χ4n) is 2.54. The van der Waals surface area contributed by atoms with Crippen LogP contribution < -0.4 is 5.32 Å². The largest absolute Gasteiger partial charge is 0.326 e. The molecule has 0 spiro atoms. The summed E-state index contributed by atoms with van der Waals surface area (Å²) in [7, 11) is 0. The van der Waals surface area contributed by atoms with Crippen LogP contribution in [0.3, 0.4) is 0 Å². The van der Waals surface area contributed by atoms with Crippen LogP contribution in [0.15, 0.2) is 42.5 Å². The normalized spacial score (nSPS) is 11.7. The minimum atomic E-state index is -0.0108. The Morgan fingerprint density at radius 3 is 2.50 bits per heavy atom. The minimum Gasteiger partial charge on any atom is -0.326 e. The summed E-state index contributed by atoms with van der Waals surface area (Å²) in [6.07, 6.45) is 0.506. The van der Waals surface area contributed by atoms with Gasteiger partial charge in [-0.3, -0.25) is 4.79 Å². The number of fused-ring (bicyclic) bond motifs is 1. The highest BCUT2D eigenvalue weighted by Gasteiger charge is 2.16. The highest BCUT2D eigenvalue weighted by molar-refractivity contribution is 7.21. The molecule has 0 aliphatic rings. The SMILES string of the molecule is Cc1ccc2nc(-c3ccc(NC(=O)CC(C)(C)C)cc3)sc2c1. The van der Waals surface area contributed by atoms with Crippen molar-refractivity contribution in [1.29, 1.82) is 0 Å². The van der Waals surface area contributed by atoms with Crippen molar-refractivity contribution in [3.05, 3.63) is 48.0 Å². The molecular formula is C20H22N2OS. The average Bonchev–Trinajstić information content (AvgIpc) is 2.89. The lowest BCUT2D eigenvalue weighted by Gasteiger charge is -2.17. The summed E-state index contributed by atoms with van der Waals surface area (Å²) in [5.74, 6) is 0.0470. The summed E-state index contributed by atoms with van der Waals surface area (Å²) >= 11 is 1.69. The highest BCUT2D eigenvalue weighted by Crippen LogP contribution is 2.31. The van der Waals surface area contributed by atoms with Crippen LogP contribution in [0.1, 0.15) is 32.8 Å². The molecule has 0 fully saturated rings. The van der Waals surface area contributed by atoms with Gasteiger partial charge in [0.05, 0.1) is 10.2 Å². The lowest BCUT2D eigenvalue weighted by atomic mass is 9.92. The number of aryl methyl sites for hydroxylation is 1. The summed E-state index contributed by atoms with van der Waals surface area (Å²) in [6.45, 7) is 8.27. The first-order valence-electron chi connectivity index (χ1n) is 8.08. The number of nitrogens with zero attached hydrogens (tertiary/aromatic N) is 1. The monoisotopic (exact) mass is 338 g/mol. The van der Waals surface area contributed by atoms with Crippen LogP contribution in [-0.2, 0) is 4.79 Å². The third-order valence-electron chi connectivity index (χ3n) is 3.65. The number of carbonyl (C=O) groups excluding carboxylic acids is 1. The molecule has 0 saturated heterocycles. The first kappa shape index (κ1) is 16.7. The molecule has 3 rings (SSSR count). The van der Waals surface area contributed by atoms with Crippen LogP contribution in [0.2, 0.25) is 0 Å². The summed E-state index contributed by atoms with van der Waals surface area (Å²) < 4.78 is 1.20. The van der Waals surface area contributed by atoms with E-state index in [-0.39, 0.29) is 11.3 Å². The van der Waals surface area contributed by atoms with E-state index in [1.165, 1.54) is 10.3 Å². The van der Waals surface area contributed by atoms with Crippen LogP contribution in [0, 0.1) is 12.3 Å². The lowest BCUT2D eigenvalue weighted by Crippen LogP contribution is -2.19. The van der Waals surface area contributed by atoms with Crippen molar-refractivity contribution in [2.75, 3.05) is 5.32 Å². The van der Waals surface area contributed by atoms with Crippen LogP contribution in [-0.4, -0.2) is 10.9 Å². The van der Waals surface area contributed by atoms with Gasteiger partial charge in [-0.25, -0.2) is 4.98 Å². The number of nitrogens with one attached hydrogen (secondary N) is 1. The Hall–Kier alpha value is -2.20. The molecule has 1 aromatic heterocycles. The van der Waals surface area contributed by atoms with Crippen molar-refractivity contribution >= 4 is 33.1 Å². The van der Waals surface area contributed by atoms with E-state index in [1.54, 1.807) is 11.3 Å². The maximum Gasteiger partial charge on any atom is 0.224 e. The second-order valence-corrected chi connectivity index (χ2v) is 8.38. The van der Waals surface area contributed by atoms with E-state index in [1.807, 2.05) is 24.3 Å². The summed E-state index contributed by atoms with van der Waals surface area (Å²) in [6, 6.07) is 14.2. The predicted molar refractivity (Wildman–Crippen MR) is 102 cm³/mol. The molecule has 0 unspecified atom stereocenters. The standard InChI is InChI=1S/C20H22N2OS/c1-13-5-10-16-17(11-13)24-19(22-16)14-6-8-15(9-7-14)21-18(23)12-20(2,3)4/h5-11H,12H2,1-4H3,(H,21,23). The van der Waals surface area contributed by atoms with Gasteiger partial charge >= 0.3 is 0 Å². The second-order valence-electron chi connectivity index (χ2n) is 7.35. The van der Waals surface area contributed by atoms with Gasteiger partial charge in [0.15, 0.2) is 0 Å². The summed E-state index contributed by atoms with van der Waals surface area (Å²) in [5, 5.41) is 3.96. The molecule has 24 heavy (non-hydrogen) atoms. The van der Waals surface area contributed by atoms with Gasteiger partial charge in [0.25, 0.3) is 0 Å². The number of rotatable bonds is 3. The molecule has 3 nitrogen and oxygen atoms in total. The number of carbonyl (C=O) groups is 1. The Balaban J connectivity index is 1.77. The quantitative estimate of drug-likeness (QED) is 0.671. The zero-order valence-corrected chi connectivity index (χ0v) is 15.3. The number of benzene rings is 2. The molecule has 4 heteroatoms. The van der Waals surface area contributed by atoms with Gasteiger partial charge in [-0.15, -0.1) is 11.3 Å². The molecule has 0 aliphatic heterocycles. The van der Waals surface area contributed by atoms with Gasteiger partial charge in [-0.1, -0.05) is 26.8 Å². The van der Waals surface area contributed by atoms with E-state index in [2.05, 4.69) is 51.2 Å². The number of anilines is 1. The van der Waals surface area contributed by atoms with Crippen LogP contribution in [0.25, 0.3) is 20.8 Å². The van der Waals surface area contributed by atoms with Crippen molar-refractivity contribution in [2.24, 2.45) is 5.41 Å². The highest BCUT2D eigenvalue weighted by atomic mass is 32.1. The maximum atomic E-state index is 12.0. The van der Waals surface area contributed by atoms with Gasteiger partial charge in [-0.05, 0) is 54.3 Å². The van der Waals surface area contributed by atoms with Crippen molar-refractivity contribution in [3.63, 3.8) is 0 Å². The Morgan fingerprint density at radius 2 is 1.83 bits per heavy atom. The molecule has 1 N–H and O–H groups in total. The molecule has 1 heterocycles. The second kappa shape index (κ2) is 6.36. The number of thiazole rings is 1. The molecule has 124 valence electrons. The number of amides is 1. The molecular weight excluding hydrogens is 316 g/mol. The Morgan fingerprint density at radius 1 is 1.12 bits per heavy atom. The summed E-state index contributed by atoms with van der Waals surface area (Å²) in [5.41, 5.74) is 4.16. The third kappa shape index (κ3) is 4.01. The zero-order chi connectivity index (χ0) is 17.3. The molecule has 2 aromatic carbocycles. The van der Waals surface area contributed by atoms with E-state index in [0.29, 0.717) is 6.42 Å². The first-order chi connectivity index (χ1) is 11.3. The topological polar surface area (TPSA) is 42.0 Å². The Bertz CT molecular complexity index is 873. The van der Waals surface area contributed by atoms with E-state index in [4.69, 9.17) is 4.98 Å². The first-order valence-corrected chi connectivity index (χ1v) is 8.89. The maximum absolute atomic E-state index is 12.0. The number of hydrogen-bond donors (Lipinski definition) is 1. The smallest absolute Gasteiger partial charge is 0.224 e. The van der Waals surface area contributed by atoms with Gasteiger partial charge in [0, 0.05) is 17.7 Å². The fraction of sp³-hybridized carbons (Fsp3) is 0.300. The number of hydrogen-bond acceptors (Lipinski definition) is 3. The van der Waals surface area contributed by atoms with Crippen LogP contribution >= 0.6 is 11.3 Å². The molecule has 0 radical (unpaired) electrons. The average molecular weight is 338 g/mol. The molecule has 1 amide bonds. The van der Waals surface area contributed by atoms with E-state index >= 15 is 0 Å². The zero-order valence-electron chi connectivity index (χ0n) is 14.5. The van der Waals surface area contributed by atoms with Gasteiger partial charge in [-0.2, -0.15) is 0 Å². The van der Waals surface area contributed by atoms with Crippen molar-refractivity contribution < 1.29 is 4.79 Å². The van der Waals surface area contributed by atoms with Gasteiger partial charge < -0.3 is 5.32 Å². The van der Waals surface area contributed by atoms with Crippen molar-refractivity contribution in [3.8, 4) is 10.6 Å². The Labute approximate surface area is 146 Å². The van der Waals surface area contributed by atoms with E-state index < -0.39 is 0 Å². The molecule has 0 aliphatic carbocycles.